The molecule has 0 saturated carbocycles. The molecule has 2 heterocycles. The van der Waals surface area contributed by atoms with E-state index in [2.05, 4.69) is 91.5 Å². The van der Waals surface area contributed by atoms with Crippen molar-refractivity contribution in [1.29, 1.82) is 0 Å². The van der Waals surface area contributed by atoms with Crippen molar-refractivity contribution in [2.24, 2.45) is 0 Å². The van der Waals surface area contributed by atoms with E-state index in [0.717, 1.165) is 60.7 Å². The van der Waals surface area contributed by atoms with Crippen LogP contribution in [0.3, 0.4) is 0 Å². The predicted octanol–water partition coefficient (Wildman–Crippen LogP) is 6.22. The lowest BCUT2D eigenvalue weighted by molar-refractivity contribution is 0.139. The third kappa shape index (κ3) is 4.33. The number of para-hydroxylation sites is 2. The third-order valence-corrected chi connectivity index (χ3v) is 11.1. The Morgan fingerprint density at radius 1 is 0.765 bits per heavy atom. The van der Waals surface area contributed by atoms with E-state index in [4.69, 9.17) is 0 Å². The van der Waals surface area contributed by atoms with Crippen LogP contribution in [0, 0.1) is 6.92 Å². The molecule has 0 aliphatic carbocycles. The van der Waals surface area contributed by atoms with E-state index in [1.54, 1.807) is 0 Å². The quantitative estimate of drug-likeness (QED) is 0.359. The van der Waals surface area contributed by atoms with E-state index in [0.29, 0.717) is 0 Å². The first-order valence-corrected chi connectivity index (χ1v) is 14.4. The lowest BCUT2D eigenvalue weighted by Crippen LogP contribution is -2.47. The summed E-state index contributed by atoms with van der Waals surface area (Å²) in [6.07, 6.45) is 0. The molecule has 178 valence electrons. The molecule has 3 aromatic carbocycles. The molecule has 0 radical (unpaired) electrons. The lowest BCUT2D eigenvalue weighted by Gasteiger charge is -2.45. The Bertz CT molecular complexity index is 1120. The smallest absolute Gasteiger partial charge is 0.284 e. The van der Waals surface area contributed by atoms with Gasteiger partial charge in [0.1, 0.15) is 5.78 Å². The molecule has 0 N–H and O–H groups in total. The molecular weight excluding hydrogens is 507 g/mol. The Morgan fingerprint density at radius 2 is 1.29 bits per heavy atom. The first kappa shape index (κ1) is 23.6. The van der Waals surface area contributed by atoms with Gasteiger partial charge in [-0.25, -0.2) is 0 Å². The minimum atomic E-state index is -3.15. The molecule has 2 fully saturated rings. The molecule has 0 spiro atoms. The zero-order chi connectivity index (χ0) is 23.7. The van der Waals surface area contributed by atoms with Crippen LogP contribution in [-0.4, -0.2) is 56.1 Å². The molecule has 2 aliphatic heterocycles. The van der Waals surface area contributed by atoms with Gasteiger partial charge in [-0.2, -0.15) is 0 Å². The van der Waals surface area contributed by atoms with Gasteiger partial charge in [-0.05, 0) is 55.4 Å². The van der Waals surface area contributed by atoms with Crippen molar-refractivity contribution in [2.45, 2.75) is 12.7 Å². The maximum atomic E-state index is 15.8. The molecule has 2 saturated heterocycles. The highest BCUT2D eigenvalue weighted by atomic mass is 79.9. The second kappa shape index (κ2) is 9.87. The summed E-state index contributed by atoms with van der Waals surface area (Å²) < 4.78 is 21.2. The fourth-order valence-corrected chi connectivity index (χ4v) is 9.76. The van der Waals surface area contributed by atoms with Crippen LogP contribution in [0.15, 0.2) is 83.3 Å². The number of rotatable bonds is 5. The van der Waals surface area contributed by atoms with E-state index >= 15 is 4.57 Å². The van der Waals surface area contributed by atoms with E-state index in [1.165, 1.54) is 5.56 Å². The highest BCUT2D eigenvalue weighted by Crippen LogP contribution is 2.70. The van der Waals surface area contributed by atoms with Gasteiger partial charge in [-0.1, -0.05) is 64.5 Å². The molecule has 34 heavy (non-hydrogen) atoms. The van der Waals surface area contributed by atoms with Crippen LogP contribution < -0.4 is 9.34 Å². The third-order valence-electron chi connectivity index (χ3n) is 6.96. The second-order valence-corrected chi connectivity index (χ2v) is 12.7. The number of piperazine rings is 1. The molecule has 2 aliphatic rings. The van der Waals surface area contributed by atoms with Gasteiger partial charge in [0.15, 0.2) is 0 Å². The number of anilines is 2. The van der Waals surface area contributed by atoms with Gasteiger partial charge in [-0.3, -0.25) is 9.46 Å². The Labute approximate surface area is 211 Å². The predicted molar refractivity (Wildman–Crippen MR) is 146 cm³/mol. The van der Waals surface area contributed by atoms with Gasteiger partial charge in [-0.15, -0.1) is 0 Å². The molecule has 5 rings (SSSR count). The molecule has 1 unspecified atom stereocenters. The molecule has 0 bridgehead atoms. The van der Waals surface area contributed by atoms with Gasteiger partial charge < -0.3 is 14.2 Å². The molecule has 1 atom stereocenters. The standard InChI is InChI=1S/C27H32BrN4OP/c1-22-13-14-25(26(28)21-22)27(30-17-15-29(2)16-18-30)34(33)31(23-9-5-3-6-10-23)19-20-32(34)24-11-7-4-8-12-24/h3-14,21,27H,15-20H2,1-2H3. The van der Waals surface area contributed by atoms with Crippen molar-refractivity contribution in [3.8, 4) is 0 Å². The van der Waals surface area contributed by atoms with Crippen LogP contribution in [0.2, 0.25) is 0 Å². The Kier molecular flexibility index (Phi) is 6.85. The Morgan fingerprint density at radius 3 is 1.79 bits per heavy atom. The van der Waals surface area contributed by atoms with Crippen LogP contribution in [0.4, 0.5) is 11.4 Å². The number of benzene rings is 3. The summed E-state index contributed by atoms with van der Waals surface area (Å²) in [5, 5.41) is 0. The summed E-state index contributed by atoms with van der Waals surface area (Å²) in [6.45, 7) is 7.26. The average molecular weight is 539 g/mol. The monoisotopic (exact) mass is 538 g/mol. The van der Waals surface area contributed by atoms with Crippen LogP contribution in [0.25, 0.3) is 0 Å². The van der Waals surface area contributed by atoms with Crippen LogP contribution in [0.5, 0.6) is 0 Å². The minimum absolute atomic E-state index is 0.251. The maximum absolute atomic E-state index is 15.8. The van der Waals surface area contributed by atoms with Crippen LogP contribution >= 0.6 is 23.4 Å². The van der Waals surface area contributed by atoms with E-state index in [-0.39, 0.29) is 5.78 Å². The average Bonchev–Trinajstić information content (AvgIpc) is 3.20. The summed E-state index contributed by atoms with van der Waals surface area (Å²) in [4.78, 5) is 4.81. The van der Waals surface area contributed by atoms with Crippen molar-refractivity contribution < 1.29 is 4.57 Å². The fourth-order valence-electron chi connectivity index (χ4n) is 5.16. The molecule has 0 amide bonds. The van der Waals surface area contributed by atoms with Gasteiger partial charge in [0.05, 0.1) is 0 Å². The Hall–Kier alpha value is -2.11. The lowest BCUT2D eigenvalue weighted by atomic mass is 10.1. The zero-order valence-corrected chi connectivity index (χ0v) is 22.3. The first-order valence-electron chi connectivity index (χ1n) is 11.9. The summed E-state index contributed by atoms with van der Waals surface area (Å²) in [5.74, 6) is -0.251. The van der Waals surface area contributed by atoms with Gasteiger partial charge in [0.25, 0.3) is 7.44 Å². The van der Waals surface area contributed by atoms with Crippen molar-refractivity contribution in [1.82, 2.24) is 9.80 Å². The zero-order valence-electron chi connectivity index (χ0n) is 19.8. The second-order valence-electron chi connectivity index (χ2n) is 9.24. The Balaban J connectivity index is 1.70. The number of hydrogen-bond donors (Lipinski definition) is 0. The normalized spacial score (nSPS) is 20.0. The van der Waals surface area contributed by atoms with Crippen molar-refractivity contribution in [3.63, 3.8) is 0 Å². The van der Waals surface area contributed by atoms with Gasteiger partial charge in [0.2, 0.25) is 0 Å². The largest absolute Gasteiger partial charge is 0.304 e. The molecule has 0 aromatic heterocycles. The van der Waals surface area contributed by atoms with E-state index in [1.807, 2.05) is 36.4 Å². The summed E-state index contributed by atoms with van der Waals surface area (Å²) in [6, 6.07) is 27.0. The number of halogens is 1. The summed E-state index contributed by atoms with van der Waals surface area (Å²) in [7, 11) is -0.987. The van der Waals surface area contributed by atoms with Crippen molar-refractivity contribution in [2.75, 3.05) is 55.7 Å². The first-order chi connectivity index (χ1) is 16.5. The topological polar surface area (TPSA) is 30.0 Å². The number of aryl methyl sites for hydroxylation is 1. The number of likely N-dealkylation sites (N-methyl/N-ethyl adjacent to an activating group) is 1. The van der Waals surface area contributed by atoms with Crippen molar-refractivity contribution in [3.05, 3.63) is 94.5 Å². The van der Waals surface area contributed by atoms with Crippen molar-refractivity contribution >= 4 is 34.7 Å². The minimum Gasteiger partial charge on any atom is -0.304 e. The SMILES string of the molecule is Cc1ccc(C(N2CCN(C)CC2)P2(=O)N(c3ccccc3)CCN2c2ccccc2)c(Br)c1. The highest BCUT2D eigenvalue weighted by Gasteiger charge is 2.52. The van der Waals surface area contributed by atoms with Gasteiger partial charge >= 0.3 is 0 Å². The van der Waals surface area contributed by atoms with E-state index in [9.17, 15) is 0 Å². The summed E-state index contributed by atoms with van der Waals surface area (Å²) in [5.41, 5.74) is 4.33. The summed E-state index contributed by atoms with van der Waals surface area (Å²) >= 11 is 3.85. The molecule has 7 heteroatoms. The van der Waals surface area contributed by atoms with Crippen LogP contribution in [-0.2, 0) is 4.57 Å². The number of hydrogen-bond acceptors (Lipinski definition) is 3. The highest BCUT2D eigenvalue weighted by molar-refractivity contribution is 9.10. The maximum Gasteiger partial charge on any atom is 0.284 e. The number of nitrogens with zero attached hydrogens (tertiary/aromatic N) is 4. The molecule has 5 nitrogen and oxygen atoms in total. The van der Waals surface area contributed by atoms with Crippen LogP contribution in [0.1, 0.15) is 16.9 Å². The fraction of sp³-hybridized carbons (Fsp3) is 0.333. The van der Waals surface area contributed by atoms with Gasteiger partial charge in [0, 0.05) is 55.1 Å². The van der Waals surface area contributed by atoms with E-state index < -0.39 is 7.44 Å². The molecular formula is C27H32BrN4OP. The molecule has 3 aromatic rings.